The zero-order valence-electron chi connectivity index (χ0n) is 10.6. The molecule has 4 heteroatoms. The van der Waals surface area contributed by atoms with Gasteiger partial charge in [0.05, 0.1) is 12.7 Å². The van der Waals surface area contributed by atoms with Gasteiger partial charge in [-0.2, -0.15) is 5.26 Å². The van der Waals surface area contributed by atoms with Crippen molar-refractivity contribution in [1.82, 2.24) is 0 Å². The molecule has 2 N–H and O–H groups in total. The van der Waals surface area contributed by atoms with Gasteiger partial charge >= 0.3 is 0 Å². The minimum Gasteiger partial charge on any atom is -0.496 e. The van der Waals surface area contributed by atoms with Crippen molar-refractivity contribution in [1.29, 1.82) is 5.26 Å². The van der Waals surface area contributed by atoms with E-state index in [1.54, 1.807) is 7.11 Å². The van der Waals surface area contributed by atoms with Crippen LogP contribution < -0.4 is 10.5 Å². The van der Waals surface area contributed by atoms with Crippen molar-refractivity contribution in [2.75, 3.05) is 12.8 Å². The van der Waals surface area contributed by atoms with Crippen LogP contribution in [-0.2, 0) is 0 Å². The smallest absolute Gasteiger partial charge is 0.124 e. The molecule has 0 saturated heterocycles. The van der Waals surface area contributed by atoms with Crippen LogP contribution in [0.3, 0.4) is 0 Å². The molecule has 0 fully saturated rings. The maximum atomic E-state index is 9.14. The normalized spacial score (nSPS) is 10.1. The standard InChI is InChI=1S/C14H14N2OS/c1-8-4-10(5-9(2)13(8)17-3)12-7-18-14(16)11(12)6-15/h4-5,7H,16H2,1-3H3. The van der Waals surface area contributed by atoms with E-state index in [2.05, 4.69) is 6.07 Å². The molecule has 2 aromatic rings. The number of hydrogen-bond acceptors (Lipinski definition) is 4. The Hall–Kier alpha value is -1.99. The van der Waals surface area contributed by atoms with Crippen molar-refractivity contribution in [3.05, 3.63) is 34.2 Å². The summed E-state index contributed by atoms with van der Waals surface area (Å²) in [4.78, 5) is 0. The Bertz CT molecular complexity index is 615. The summed E-state index contributed by atoms with van der Waals surface area (Å²) in [5.41, 5.74) is 10.4. The molecule has 0 amide bonds. The highest BCUT2D eigenvalue weighted by Gasteiger charge is 2.13. The van der Waals surface area contributed by atoms with Crippen molar-refractivity contribution in [3.63, 3.8) is 0 Å². The van der Waals surface area contributed by atoms with E-state index in [1.807, 2.05) is 31.4 Å². The quantitative estimate of drug-likeness (QED) is 0.897. The second-order valence-electron chi connectivity index (χ2n) is 4.14. The molecular weight excluding hydrogens is 244 g/mol. The molecule has 3 nitrogen and oxygen atoms in total. The van der Waals surface area contributed by atoms with Gasteiger partial charge in [0.2, 0.25) is 0 Å². The van der Waals surface area contributed by atoms with Crippen molar-refractivity contribution in [2.45, 2.75) is 13.8 Å². The van der Waals surface area contributed by atoms with Gasteiger partial charge < -0.3 is 10.5 Å². The maximum Gasteiger partial charge on any atom is 0.124 e. The molecular formula is C14H14N2OS. The summed E-state index contributed by atoms with van der Waals surface area (Å²) in [6.45, 7) is 3.99. The van der Waals surface area contributed by atoms with E-state index in [9.17, 15) is 0 Å². The van der Waals surface area contributed by atoms with E-state index in [1.165, 1.54) is 11.3 Å². The van der Waals surface area contributed by atoms with Gasteiger partial charge in [-0.1, -0.05) is 0 Å². The Balaban J connectivity index is 2.63. The van der Waals surface area contributed by atoms with E-state index in [0.717, 1.165) is 28.0 Å². The highest BCUT2D eigenvalue weighted by Crippen LogP contribution is 2.36. The minimum atomic E-state index is 0.559. The van der Waals surface area contributed by atoms with E-state index >= 15 is 0 Å². The lowest BCUT2D eigenvalue weighted by Crippen LogP contribution is -1.93. The summed E-state index contributed by atoms with van der Waals surface area (Å²) in [5, 5.41) is 11.6. The molecule has 0 unspecified atom stereocenters. The van der Waals surface area contributed by atoms with Gasteiger partial charge in [-0.05, 0) is 42.7 Å². The molecule has 0 radical (unpaired) electrons. The van der Waals surface area contributed by atoms with Crippen LogP contribution in [0.15, 0.2) is 17.5 Å². The monoisotopic (exact) mass is 258 g/mol. The summed E-state index contributed by atoms with van der Waals surface area (Å²) >= 11 is 1.40. The Morgan fingerprint density at radius 3 is 2.39 bits per heavy atom. The average molecular weight is 258 g/mol. The van der Waals surface area contributed by atoms with Gasteiger partial charge in [-0.25, -0.2) is 0 Å². The first kappa shape index (κ1) is 12.5. The number of nitrogens with two attached hydrogens (primary N) is 1. The van der Waals surface area contributed by atoms with Crippen LogP contribution in [0.1, 0.15) is 16.7 Å². The molecule has 0 aliphatic rings. The number of hydrogen-bond donors (Lipinski definition) is 1. The summed E-state index contributed by atoms with van der Waals surface area (Å²) in [7, 11) is 1.66. The predicted molar refractivity (Wildman–Crippen MR) is 74.9 cm³/mol. The Labute approximate surface area is 110 Å². The van der Waals surface area contributed by atoms with Crippen molar-refractivity contribution in [3.8, 4) is 22.9 Å². The lowest BCUT2D eigenvalue weighted by molar-refractivity contribution is 0.408. The molecule has 0 spiro atoms. The Kier molecular flexibility index (Phi) is 3.26. The second kappa shape index (κ2) is 4.71. The summed E-state index contributed by atoms with van der Waals surface area (Å²) in [6.07, 6.45) is 0. The summed E-state index contributed by atoms with van der Waals surface area (Å²) in [6, 6.07) is 6.21. The van der Waals surface area contributed by atoms with E-state index in [-0.39, 0.29) is 0 Å². The third-order valence-corrected chi connectivity index (χ3v) is 3.72. The molecule has 1 aromatic heterocycles. The molecule has 18 heavy (non-hydrogen) atoms. The zero-order chi connectivity index (χ0) is 13.3. The molecule has 92 valence electrons. The molecule has 0 saturated carbocycles. The number of rotatable bonds is 2. The molecule has 2 rings (SSSR count). The number of nitrogen functional groups attached to an aromatic ring is 1. The second-order valence-corrected chi connectivity index (χ2v) is 5.05. The first-order valence-corrected chi connectivity index (χ1v) is 6.39. The van der Waals surface area contributed by atoms with Gasteiger partial charge in [-0.15, -0.1) is 11.3 Å². The molecule has 0 atom stereocenters. The van der Waals surface area contributed by atoms with Crippen LogP contribution in [0.4, 0.5) is 5.00 Å². The number of ether oxygens (including phenoxy) is 1. The highest BCUT2D eigenvalue weighted by molar-refractivity contribution is 7.14. The van der Waals surface area contributed by atoms with Crippen LogP contribution in [0.25, 0.3) is 11.1 Å². The first-order valence-electron chi connectivity index (χ1n) is 5.51. The minimum absolute atomic E-state index is 0.559. The molecule has 0 bridgehead atoms. The fraction of sp³-hybridized carbons (Fsp3) is 0.214. The van der Waals surface area contributed by atoms with Gasteiger partial charge in [0.25, 0.3) is 0 Å². The van der Waals surface area contributed by atoms with Gasteiger partial charge in [0.1, 0.15) is 16.8 Å². The van der Waals surface area contributed by atoms with Crippen LogP contribution in [0, 0.1) is 25.2 Å². The lowest BCUT2D eigenvalue weighted by atomic mass is 9.99. The van der Waals surface area contributed by atoms with Crippen LogP contribution in [0.5, 0.6) is 5.75 Å². The molecule has 0 aliphatic carbocycles. The fourth-order valence-corrected chi connectivity index (χ4v) is 2.90. The number of nitriles is 1. The predicted octanol–water partition coefficient (Wildman–Crippen LogP) is 3.49. The zero-order valence-corrected chi connectivity index (χ0v) is 11.4. The number of aryl methyl sites for hydroxylation is 2. The van der Waals surface area contributed by atoms with E-state index < -0.39 is 0 Å². The number of thiophene rings is 1. The summed E-state index contributed by atoms with van der Waals surface area (Å²) < 4.78 is 5.34. The maximum absolute atomic E-state index is 9.14. The summed E-state index contributed by atoms with van der Waals surface area (Å²) in [5.74, 6) is 0.889. The highest BCUT2D eigenvalue weighted by atomic mass is 32.1. The van der Waals surface area contributed by atoms with Gasteiger partial charge in [0, 0.05) is 10.9 Å². The first-order chi connectivity index (χ1) is 8.58. The third-order valence-electron chi connectivity index (χ3n) is 2.91. The topological polar surface area (TPSA) is 59.0 Å². The third kappa shape index (κ3) is 1.93. The number of nitrogens with zero attached hydrogens (tertiary/aromatic N) is 1. The lowest BCUT2D eigenvalue weighted by Gasteiger charge is -2.11. The average Bonchev–Trinajstić information content (AvgIpc) is 2.69. The SMILES string of the molecule is COc1c(C)cc(-c2csc(N)c2C#N)cc1C. The largest absolute Gasteiger partial charge is 0.496 e. The van der Waals surface area contributed by atoms with E-state index in [0.29, 0.717) is 10.6 Å². The van der Waals surface area contributed by atoms with Crippen LogP contribution in [-0.4, -0.2) is 7.11 Å². The van der Waals surface area contributed by atoms with Crippen molar-refractivity contribution in [2.24, 2.45) is 0 Å². The van der Waals surface area contributed by atoms with Crippen LogP contribution in [0.2, 0.25) is 0 Å². The molecule has 1 aromatic carbocycles. The van der Waals surface area contributed by atoms with Gasteiger partial charge in [0.15, 0.2) is 0 Å². The van der Waals surface area contributed by atoms with Crippen LogP contribution >= 0.6 is 11.3 Å². The van der Waals surface area contributed by atoms with Crippen molar-refractivity contribution < 1.29 is 4.74 Å². The van der Waals surface area contributed by atoms with E-state index in [4.69, 9.17) is 15.7 Å². The number of benzene rings is 1. The number of methoxy groups -OCH3 is 1. The molecule has 0 aliphatic heterocycles. The Morgan fingerprint density at radius 2 is 1.89 bits per heavy atom. The fourth-order valence-electron chi connectivity index (χ4n) is 2.13. The van der Waals surface area contributed by atoms with Gasteiger partial charge in [-0.3, -0.25) is 0 Å². The number of anilines is 1. The molecule has 1 heterocycles. The Morgan fingerprint density at radius 1 is 1.28 bits per heavy atom. The van der Waals surface area contributed by atoms with Crippen molar-refractivity contribution >= 4 is 16.3 Å².